The summed E-state index contributed by atoms with van der Waals surface area (Å²) in [6.45, 7) is 0. The molecule has 3 aromatic carbocycles. The lowest BCUT2D eigenvalue weighted by Crippen LogP contribution is -1.91. The van der Waals surface area contributed by atoms with Gasteiger partial charge < -0.3 is 0 Å². The van der Waals surface area contributed by atoms with Crippen molar-refractivity contribution in [1.29, 1.82) is 0 Å². The van der Waals surface area contributed by atoms with E-state index in [1.165, 1.54) is 10.8 Å². The lowest BCUT2D eigenvalue weighted by molar-refractivity contribution is 0.112. The highest BCUT2D eigenvalue weighted by molar-refractivity contribution is 6.04. The molecule has 0 N–H and O–H groups in total. The molecule has 0 radical (unpaired) electrons. The van der Waals surface area contributed by atoms with Crippen molar-refractivity contribution in [1.82, 2.24) is 4.98 Å². The van der Waals surface area contributed by atoms with Crippen molar-refractivity contribution in [2.24, 2.45) is 0 Å². The monoisotopic (exact) mass is 283 g/mol. The van der Waals surface area contributed by atoms with Crippen LogP contribution in [0.3, 0.4) is 0 Å². The van der Waals surface area contributed by atoms with Crippen LogP contribution in [0.25, 0.3) is 32.7 Å². The van der Waals surface area contributed by atoms with Gasteiger partial charge >= 0.3 is 0 Å². The van der Waals surface area contributed by atoms with Gasteiger partial charge in [0.1, 0.15) is 5.69 Å². The molecule has 0 aliphatic carbocycles. The topological polar surface area (TPSA) is 30.0 Å². The number of fused-ring (bicyclic) bond motifs is 2. The van der Waals surface area contributed by atoms with E-state index in [-0.39, 0.29) is 0 Å². The Morgan fingerprint density at radius 2 is 1.50 bits per heavy atom. The Hall–Kier alpha value is -3.00. The van der Waals surface area contributed by atoms with Gasteiger partial charge in [0, 0.05) is 17.1 Å². The molecule has 4 aromatic rings. The summed E-state index contributed by atoms with van der Waals surface area (Å²) in [6, 6.07) is 22.6. The Kier molecular flexibility index (Phi) is 2.94. The minimum Gasteiger partial charge on any atom is -0.296 e. The van der Waals surface area contributed by atoms with Crippen LogP contribution in [-0.4, -0.2) is 11.3 Å². The van der Waals surface area contributed by atoms with Gasteiger partial charge in [-0.1, -0.05) is 60.7 Å². The third kappa shape index (κ3) is 1.97. The molecule has 0 bridgehead atoms. The second kappa shape index (κ2) is 5.08. The van der Waals surface area contributed by atoms with Crippen LogP contribution in [0.15, 0.2) is 72.9 Å². The Bertz CT molecular complexity index is 1000. The second-order valence-electron chi connectivity index (χ2n) is 5.28. The van der Waals surface area contributed by atoms with Gasteiger partial charge in [0.25, 0.3) is 0 Å². The predicted octanol–water partition coefficient (Wildman–Crippen LogP) is 4.87. The number of hydrogen-bond acceptors (Lipinski definition) is 2. The van der Waals surface area contributed by atoms with Gasteiger partial charge in [0.2, 0.25) is 0 Å². The fourth-order valence-electron chi connectivity index (χ4n) is 2.90. The largest absolute Gasteiger partial charge is 0.296 e. The Labute approximate surface area is 128 Å². The summed E-state index contributed by atoms with van der Waals surface area (Å²) in [7, 11) is 0. The number of benzene rings is 3. The molecule has 0 atom stereocenters. The third-order valence-electron chi connectivity index (χ3n) is 4.00. The minimum atomic E-state index is 0.486. The van der Waals surface area contributed by atoms with Crippen molar-refractivity contribution < 1.29 is 4.79 Å². The van der Waals surface area contributed by atoms with E-state index < -0.39 is 0 Å². The van der Waals surface area contributed by atoms with Crippen LogP contribution < -0.4 is 0 Å². The highest BCUT2D eigenvalue weighted by Crippen LogP contribution is 2.31. The number of aromatic nitrogens is 1. The number of pyridine rings is 1. The van der Waals surface area contributed by atoms with Crippen molar-refractivity contribution in [3.05, 3.63) is 78.6 Å². The van der Waals surface area contributed by atoms with Gasteiger partial charge in [-0.15, -0.1) is 0 Å². The van der Waals surface area contributed by atoms with Crippen molar-refractivity contribution in [3.63, 3.8) is 0 Å². The van der Waals surface area contributed by atoms with Crippen LogP contribution in [0.2, 0.25) is 0 Å². The van der Waals surface area contributed by atoms with Crippen LogP contribution in [0.5, 0.6) is 0 Å². The highest BCUT2D eigenvalue weighted by Gasteiger charge is 2.08. The zero-order valence-electron chi connectivity index (χ0n) is 11.9. The summed E-state index contributed by atoms with van der Waals surface area (Å²) in [5, 5.41) is 4.36. The van der Waals surface area contributed by atoms with E-state index >= 15 is 0 Å². The van der Waals surface area contributed by atoms with Gasteiger partial charge in [-0.2, -0.15) is 0 Å². The smallest absolute Gasteiger partial charge is 0.169 e. The second-order valence-corrected chi connectivity index (χ2v) is 5.28. The first kappa shape index (κ1) is 12.7. The van der Waals surface area contributed by atoms with E-state index in [2.05, 4.69) is 35.3 Å². The molecule has 0 fully saturated rings. The quantitative estimate of drug-likeness (QED) is 0.491. The molecule has 1 aromatic heterocycles. The maximum absolute atomic E-state index is 11.2. The number of rotatable bonds is 2. The molecule has 22 heavy (non-hydrogen) atoms. The van der Waals surface area contributed by atoms with Crippen LogP contribution in [-0.2, 0) is 0 Å². The molecule has 0 aliphatic rings. The Morgan fingerprint density at radius 1 is 0.773 bits per heavy atom. The van der Waals surface area contributed by atoms with Crippen LogP contribution >= 0.6 is 0 Å². The molecule has 2 heteroatoms. The van der Waals surface area contributed by atoms with E-state index in [1.54, 1.807) is 6.20 Å². The molecule has 2 nitrogen and oxygen atoms in total. The average molecular weight is 283 g/mol. The molecule has 0 saturated carbocycles. The van der Waals surface area contributed by atoms with E-state index in [1.807, 2.05) is 36.4 Å². The van der Waals surface area contributed by atoms with E-state index in [4.69, 9.17) is 0 Å². The summed E-state index contributed by atoms with van der Waals surface area (Å²) < 4.78 is 0. The average Bonchev–Trinajstić information content (AvgIpc) is 2.60. The number of nitrogens with zero attached hydrogens (tertiary/aromatic N) is 1. The molecule has 0 unspecified atom stereocenters. The van der Waals surface area contributed by atoms with Crippen molar-refractivity contribution in [3.8, 4) is 11.1 Å². The zero-order chi connectivity index (χ0) is 14.9. The zero-order valence-corrected chi connectivity index (χ0v) is 11.9. The minimum absolute atomic E-state index is 0.486. The summed E-state index contributed by atoms with van der Waals surface area (Å²) in [5.41, 5.74) is 2.65. The summed E-state index contributed by atoms with van der Waals surface area (Å²) in [5.74, 6) is 0. The standard InChI is InChI=1S/C20H13NO/c22-13-20-18-8-4-3-7-17(18)19(12-21-20)16-10-9-14-5-1-2-6-15(14)11-16/h1-13H. The van der Waals surface area contributed by atoms with E-state index in [9.17, 15) is 4.79 Å². The Balaban J connectivity index is 2.02. The number of hydrogen-bond donors (Lipinski definition) is 0. The van der Waals surface area contributed by atoms with Crippen LogP contribution in [0, 0.1) is 0 Å². The van der Waals surface area contributed by atoms with Gasteiger partial charge in [-0.3, -0.25) is 9.78 Å². The number of carbonyl (C=O) groups is 1. The molecule has 0 saturated heterocycles. The normalized spacial score (nSPS) is 10.9. The predicted molar refractivity (Wildman–Crippen MR) is 90.1 cm³/mol. The molecule has 0 spiro atoms. The molecule has 104 valence electrons. The maximum atomic E-state index is 11.2. The van der Waals surface area contributed by atoms with E-state index in [0.717, 1.165) is 28.2 Å². The lowest BCUT2D eigenvalue weighted by atomic mass is 9.97. The highest BCUT2D eigenvalue weighted by atomic mass is 16.1. The summed E-state index contributed by atoms with van der Waals surface area (Å²) >= 11 is 0. The summed E-state index contributed by atoms with van der Waals surface area (Å²) in [6.07, 6.45) is 2.60. The number of carbonyl (C=O) groups excluding carboxylic acids is 1. The van der Waals surface area contributed by atoms with Gasteiger partial charge in [0.05, 0.1) is 0 Å². The first-order valence-electron chi connectivity index (χ1n) is 7.19. The van der Waals surface area contributed by atoms with Crippen molar-refractivity contribution in [2.75, 3.05) is 0 Å². The fraction of sp³-hybridized carbons (Fsp3) is 0. The van der Waals surface area contributed by atoms with Crippen LogP contribution in [0.4, 0.5) is 0 Å². The SMILES string of the molecule is O=Cc1ncc(-c2ccc3ccccc3c2)c2ccccc12. The summed E-state index contributed by atoms with van der Waals surface area (Å²) in [4.78, 5) is 15.5. The molecule has 0 amide bonds. The first-order valence-corrected chi connectivity index (χ1v) is 7.19. The van der Waals surface area contributed by atoms with E-state index in [0.29, 0.717) is 5.69 Å². The molecular weight excluding hydrogens is 270 g/mol. The molecular formula is C20H13NO. The van der Waals surface area contributed by atoms with Crippen LogP contribution in [0.1, 0.15) is 10.5 Å². The van der Waals surface area contributed by atoms with Gasteiger partial charge in [-0.05, 0) is 27.8 Å². The van der Waals surface area contributed by atoms with Crippen molar-refractivity contribution >= 4 is 27.8 Å². The maximum Gasteiger partial charge on any atom is 0.169 e. The lowest BCUT2D eigenvalue weighted by Gasteiger charge is -2.09. The van der Waals surface area contributed by atoms with Crippen molar-refractivity contribution in [2.45, 2.75) is 0 Å². The molecule has 0 aliphatic heterocycles. The fourth-order valence-corrected chi connectivity index (χ4v) is 2.90. The number of aldehydes is 1. The Morgan fingerprint density at radius 3 is 2.32 bits per heavy atom. The van der Waals surface area contributed by atoms with Gasteiger partial charge in [-0.25, -0.2) is 0 Å². The first-order chi connectivity index (χ1) is 10.9. The molecule has 1 heterocycles. The molecule has 4 rings (SSSR count). The van der Waals surface area contributed by atoms with Gasteiger partial charge in [0.15, 0.2) is 6.29 Å². The third-order valence-corrected chi connectivity index (χ3v) is 4.00.